The number of nitrogens with two attached hydrogens (primary N) is 1. The summed E-state index contributed by atoms with van der Waals surface area (Å²) in [6.45, 7) is 2.21. The third kappa shape index (κ3) is 3.59. The number of carbonyl (C=O) groups excluding carboxylic acids is 1. The van der Waals surface area contributed by atoms with Crippen LogP contribution in [0.5, 0.6) is 0 Å². The van der Waals surface area contributed by atoms with E-state index in [0.29, 0.717) is 23.6 Å². The second kappa shape index (κ2) is 6.50. The minimum atomic E-state index is -0.216. The van der Waals surface area contributed by atoms with Crippen molar-refractivity contribution in [1.82, 2.24) is 5.32 Å². The van der Waals surface area contributed by atoms with E-state index in [9.17, 15) is 9.18 Å². The van der Waals surface area contributed by atoms with Crippen molar-refractivity contribution in [1.29, 1.82) is 0 Å². The lowest BCUT2D eigenvalue weighted by Gasteiger charge is -2.19. The molecule has 0 radical (unpaired) electrons. The first-order valence-corrected chi connectivity index (χ1v) is 7.94. The zero-order chi connectivity index (χ0) is 16.4. The van der Waals surface area contributed by atoms with Crippen molar-refractivity contribution in [3.8, 4) is 0 Å². The van der Waals surface area contributed by atoms with Gasteiger partial charge in [0, 0.05) is 12.1 Å². The van der Waals surface area contributed by atoms with Crippen molar-refractivity contribution in [3.63, 3.8) is 0 Å². The second-order valence-corrected chi connectivity index (χ2v) is 6.20. The van der Waals surface area contributed by atoms with Gasteiger partial charge in [0.25, 0.3) is 5.91 Å². The van der Waals surface area contributed by atoms with Gasteiger partial charge in [-0.1, -0.05) is 24.3 Å². The minimum Gasteiger partial charge on any atom is -0.345 e. The van der Waals surface area contributed by atoms with E-state index in [-0.39, 0.29) is 17.8 Å². The highest BCUT2D eigenvalue weighted by Gasteiger charge is 2.33. The number of nitrogens with one attached hydrogen (secondary N) is 1. The van der Waals surface area contributed by atoms with Crippen molar-refractivity contribution >= 4 is 5.91 Å². The second-order valence-electron chi connectivity index (χ2n) is 6.20. The van der Waals surface area contributed by atoms with E-state index in [4.69, 9.17) is 5.73 Å². The van der Waals surface area contributed by atoms with E-state index in [0.717, 1.165) is 24.0 Å². The maximum atomic E-state index is 13.5. The summed E-state index contributed by atoms with van der Waals surface area (Å²) in [5.74, 6) is 0.117. The van der Waals surface area contributed by atoms with Crippen LogP contribution in [0.2, 0.25) is 0 Å². The van der Waals surface area contributed by atoms with Crippen LogP contribution in [0.25, 0.3) is 0 Å². The normalized spacial score (nSPS) is 15.3. The average molecular weight is 312 g/mol. The molecule has 3 N–H and O–H groups in total. The van der Waals surface area contributed by atoms with E-state index < -0.39 is 0 Å². The molecule has 1 amide bonds. The Hall–Kier alpha value is -2.20. The molecule has 0 aliphatic heterocycles. The molecule has 0 aromatic heterocycles. The van der Waals surface area contributed by atoms with Gasteiger partial charge in [0.1, 0.15) is 5.82 Å². The molecular weight excluding hydrogens is 291 g/mol. The van der Waals surface area contributed by atoms with E-state index in [1.54, 1.807) is 25.1 Å². The van der Waals surface area contributed by atoms with Crippen LogP contribution in [0, 0.1) is 18.7 Å². The van der Waals surface area contributed by atoms with Crippen LogP contribution in [-0.4, -0.2) is 5.91 Å². The molecule has 0 heterocycles. The first-order chi connectivity index (χ1) is 11.1. The number of aryl methyl sites for hydroxylation is 1. The molecule has 3 nitrogen and oxygen atoms in total. The van der Waals surface area contributed by atoms with Gasteiger partial charge in [-0.3, -0.25) is 4.79 Å². The van der Waals surface area contributed by atoms with E-state index in [1.165, 1.54) is 6.07 Å². The van der Waals surface area contributed by atoms with Crippen molar-refractivity contribution in [2.75, 3.05) is 0 Å². The quantitative estimate of drug-likeness (QED) is 0.888. The predicted molar refractivity (Wildman–Crippen MR) is 88.4 cm³/mol. The molecule has 3 rings (SSSR count). The zero-order valence-electron chi connectivity index (χ0n) is 13.2. The van der Waals surface area contributed by atoms with E-state index in [2.05, 4.69) is 5.32 Å². The number of hydrogen-bond acceptors (Lipinski definition) is 2. The molecule has 1 fully saturated rings. The molecule has 1 aliphatic carbocycles. The highest BCUT2D eigenvalue weighted by Crippen LogP contribution is 2.41. The van der Waals surface area contributed by atoms with E-state index in [1.807, 2.05) is 18.2 Å². The topological polar surface area (TPSA) is 55.1 Å². The van der Waals surface area contributed by atoms with Crippen LogP contribution >= 0.6 is 0 Å². The maximum absolute atomic E-state index is 13.5. The van der Waals surface area contributed by atoms with Gasteiger partial charge in [-0.2, -0.15) is 0 Å². The van der Waals surface area contributed by atoms with Crippen LogP contribution in [0.1, 0.15) is 45.9 Å². The minimum absolute atomic E-state index is 0.0593. The van der Waals surface area contributed by atoms with Crippen molar-refractivity contribution in [2.45, 2.75) is 32.4 Å². The Morgan fingerprint density at radius 3 is 2.52 bits per heavy atom. The summed E-state index contributed by atoms with van der Waals surface area (Å²) in [5, 5.41) is 3.10. The molecule has 120 valence electrons. The fraction of sp³-hybridized carbons (Fsp3) is 0.316. The van der Waals surface area contributed by atoms with Gasteiger partial charge >= 0.3 is 0 Å². The first-order valence-electron chi connectivity index (χ1n) is 7.94. The largest absolute Gasteiger partial charge is 0.345 e. The summed E-state index contributed by atoms with van der Waals surface area (Å²) in [4.78, 5) is 12.5. The number of hydrogen-bond donors (Lipinski definition) is 2. The van der Waals surface area contributed by atoms with Gasteiger partial charge in [-0.25, -0.2) is 4.39 Å². The van der Waals surface area contributed by atoms with E-state index >= 15 is 0 Å². The van der Waals surface area contributed by atoms with Gasteiger partial charge in [-0.05, 0) is 60.6 Å². The van der Waals surface area contributed by atoms with Gasteiger partial charge < -0.3 is 11.1 Å². The Balaban J connectivity index is 1.78. The Labute approximate surface area is 135 Å². The summed E-state index contributed by atoms with van der Waals surface area (Å²) >= 11 is 0. The van der Waals surface area contributed by atoms with Gasteiger partial charge in [-0.15, -0.1) is 0 Å². The third-order valence-electron chi connectivity index (χ3n) is 4.37. The third-order valence-corrected chi connectivity index (χ3v) is 4.37. The molecule has 4 heteroatoms. The molecule has 0 saturated heterocycles. The monoisotopic (exact) mass is 312 g/mol. The van der Waals surface area contributed by atoms with Crippen molar-refractivity contribution in [2.24, 2.45) is 11.7 Å². The van der Waals surface area contributed by atoms with Crippen LogP contribution in [0.15, 0.2) is 42.5 Å². The molecule has 1 aliphatic rings. The average Bonchev–Trinajstić information content (AvgIpc) is 3.40. The molecular formula is C19H21FN2O. The molecule has 2 aromatic rings. The number of amides is 1. The van der Waals surface area contributed by atoms with Crippen LogP contribution in [0.4, 0.5) is 4.39 Å². The Bertz CT molecular complexity index is 708. The standard InChI is InChI=1S/C19H21FN2O/c1-12-10-16(8-9-17(12)20)18(14-6-7-14)22-19(23)15-4-2-13(11-21)3-5-15/h2-5,8-10,14,18H,6-7,11,21H2,1H3,(H,22,23). The Morgan fingerprint density at radius 1 is 1.26 bits per heavy atom. The molecule has 1 saturated carbocycles. The molecule has 1 unspecified atom stereocenters. The number of halogens is 1. The summed E-state index contributed by atoms with van der Waals surface area (Å²) in [6.07, 6.45) is 2.18. The van der Waals surface area contributed by atoms with Gasteiger partial charge in [0.05, 0.1) is 6.04 Å². The summed E-state index contributed by atoms with van der Waals surface area (Å²) in [6, 6.07) is 12.3. The summed E-state index contributed by atoms with van der Waals surface area (Å²) in [7, 11) is 0. The number of carbonyl (C=O) groups is 1. The number of benzene rings is 2. The van der Waals surface area contributed by atoms with Gasteiger partial charge in [0.15, 0.2) is 0 Å². The van der Waals surface area contributed by atoms with Crippen LogP contribution < -0.4 is 11.1 Å². The molecule has 0 bridgehead atoms. The lowest BCUT2D eigenvalue weighted by molar-refractivity contribution is 0.0931. The number of rotatable bonds is 5. The van der Waals surface area contributed by atoms with Crippen LogP contribution in [-0.2, 0) is 6.54 Å². The SMILES string of the molecule is Cc1cc(C(NC(=O)c2ccc(CN)cc2)C2CC2)ccc1F. The molecule has 2 aromatic carbocycles. The smallest absolute Gasteiger partial charge is 0.251 e. The molecule has 1 atom stereocenters. The van der Waals surface area contributed by atoms with Crippen molar-refractivity contribution < 1.29 is 9.18 Å². The molecule has 0 spiro atoms. The Morgan fingerprint density at radius 2 is 1.96 bits per heavy atom. The fourth-order valence-electron chi connectivity index (χ4n) is 2.78. The lowest BCUT2D eigenvalue weighted by atomic mass is 9.99. The van der Waals surface area contributed by atoms with Crippen molar-refractivity contribution in [3.05, 3.63) is 70.5 Å². The van der Waals surface area contributed by atoms with Gasteiger partial charge in [0.2, 0.25) is 0 Å². The predicted octanol–water partition coefficient (Wildman–Crippen LogP) is 3.47. The maximum Gasteiger partial charge on any atom is 0.251 e. The molecule has 23 heavy (non-hydrogen) atoms. The highest BCUT2D eigenvalue weighted by atomic mass is 19.1. The lowest BCUT2D eigenvalue weighted by Crippen LogP contribution is -2.30. The highest BCUT2D eigenvalue weighted by molar-refractivity contribution is 5.94. The van der Waals surface area contributed by atoms with Crippen LogP contribution in [0.3, 0.4) is 0 Å². The fourth-order valence-corrected chi connectivity index (χ4v) is 2.78. The first kappa shape index (κ1) is 15.7. The summed E-state index contributed by atoms with van der Waals surface area (Å²) in [5.41, 5.74) is 8.76. The zero-order valence-corrected chi connectivity index (χ0v) is 13.2. The summed E-state index contributed by atoms with van der Waals surface area (Å²) < 4.78 is 13.5. The Kier molecular flexibility index (Phi) is 4.44.